The van der Waals surface area contributed by atoms with Crippen molar-refractivity contribution in [2.75, 3.05) is 10.6 Å². The van der Waals surface area contributed by atoms with Gasteiger partial charge in [0.1, 0.15) is 5.69 Å². The molecule has 0 spiro atoms. The number of rotatable bonds is 4. The first-order chi connectivity index (χ1) is 12.4. The Hall–Kier alpha value is -2.92. The third kappa shape index (κ3) is 4.18. The summed E-state index contributed by atoms with van der Waals surface area (Å²) < 4.78 is 0. The molecular formula is C20H19ClN4O. The molecule has 0 radical (unpaired) electrons. The maximum absolute atomic E-state index is 12.6. The Kier molecular flexibility index (Phi) is 5.19. The normalized spacial score (nSPS) is 10.5. The second-order valence-electron chi connectivity index (χ2n) is 6.08. The summed E-state index contributed by atoms with van der Waals surface area (Å²) in [5, 5.41) is 6.58. The van der Waals surface area contributed by atoms with Crippen molar-refractivity contribution in [3.63, 3.8) is 0 Å². The standard InChI is InChI=1S/C20H19ClN4O/c1-12-8-9-15(11-16(12)21)23-19(26)18-10-14(3)22-20(25-18)24-17-7-5-4-6-13(17)2/h4-11H,1-3H3,(H,23,26)(H,22,24,25). The summed E-state index contributed by atoms with van der Waals surface area (Å²) in [6, 6.07) is 14.8. The van der Waals surface area contributed by atoms with E-state index in [9.17, 15) is 4.79 Å². The number of para-hydroxylation sites is 1. The minimum Gasteiger partial charge on any atom is -0.324 e. The molecule has 1 aromatic heterocycles. The number of hydrogen-bond donors (Lipinski definition) is 2. The number of nitrogens with zero attached hydrogens (tertiary/aromatic N) is 2. The van der Waals surface area contributed by atoms with Gasteiger partial charge in [-0.25, -0.2) is 9.97 Å². The SMILES string of the molecule is Cc1cc(C(=O)Nc2ccc(C)c(Cl)c2)nc(Nc2ccccc2C)n1. The molecule has 3 rings (SSSR count). The summed E-state index contributed by atoms with van der Waals surface area (Å²) >= 11 is 6.11. The minimum atomic E-state index is -0.316. The van der Waals surface area contributed by atoms with E-state index in [2.05, 4.69) is 20.6 Å². The molecule has 5 nitrogen and oxygen atoms in total. The average Bonchev–Trinajstić information content (AvgIpc) is 2.60. The first-order valence-corrected chi connectivity index (χ1v) is 8.56. The quantitative estimate of drug-likeness (QED) is 0.678. The lowest BCUT2D eigenvalue weighted by Crippen LogP contribution is -2.15. The fourth-order valence-electron chi connectivity index (χ4n) is 2.44. The van der Waals surface area contributed by atoms with Gasteiger partial charge in [-0.1, -0.05) is 35.9 Å². The smallest absolute Gasteiger partial charge is 0.274 e. The Labute approximate surface area is 157 Å². The molecule has 0 saturated carbocycles. The number of anilines is 3. The van der Waals surface area contributed by atoms with E-state index >= 15 is 0 Å². The number of carbonyl (C=O) groups is 1. The Morgan fingerprint density at radius 3 is 2.46 bits per heavy atom. The highest BCUT2D eigenvalue weighted by Gasteiger charge is 2.12. The monoisotopic (exact) mass is 366 g/mol. The predicted octanol–water partition coefficient (Wildman–Crippen LogP) is 5.05. The molecule has 0 aliphatic rings. The second kappa shape index (κ2) is 7.54. The lowest BCUT2D eigenvalue weighted by Gasteiger charge is -2.11. The van der Waals surface area contributed by atoms with Crippen LogP contribution < -0.4 is 10.6 Å². The van der Waals surface area contributed by atoms with E-state index in [4.69, 9.17) is 11.6 Å². The average molecular weight is 367 g/mol. The molecule has 0 aliphatic carbocycles. The van der Waals surface area contributed by atoms with Crippen LogP contribution >= 0.6 is 11.6 Å². The molecule has 0 atom stereocenters. The Balaban J connectivity index is 1.83. The van der Waals surface area contributed by atoms with E-state index in [1.165, 1.54) is 0 Å². The summed E-state index contributed by atoms with van der Waals surface area (Å²) in [6.07, 6.45) is 0. The molecule has 0 saturated heterocycles. The van der Waals surface area contributed by atoms with E-state index in [0.29, 0.717) is 22.4 Å². The van der Waals surface area contributed by atoms with Crippen molar-refractivity contribution in [2.24, 2.45) is 0 Å². The summed E-state index contributed by atoms with van der Waals surface area (Å²) in [7, 11) is 0. The van der Waals surface area contributed by atoms with Crippen molar-refractivity contribution in [2.45, 2.75) is 20.8 Å². The van der Waals surface area contributed by atoms with Gasteiger partial charge in [0.25, 0.3) is 5.91 Å². The van der Waals surface area contributed by atoms with Crippen molar-refractivity contribution in [3.05, 3.63) is 76.1 Å². The lowest BCUT2D eigenvalue weighted by atomic mass is 10.2. The fourth-order valence-corrected chi connectivity index (χ4v) is 2.62. The van der Waals surface area contributed by atoms with Gasteiger partial charge in [-0.05, 0) is 56.2 Å². The number of amides is 1. The number of halogens is 1. The van der Waals surface area contributed by atoms with E-state index in [-0.39, 0.29) is 11.6 Å². The molecule has 0 unspecified atom stereocenters. The van der Waals surface area contributed by atoms with Crippen LogP contribution in [-0.4, -0.2) is 15.9 Å². The summed E-state index contributed by atoms with van der Waals surface area (Å²) in [6.45, 7) is 5.72. The van der Waals surface area contributed by atoms with Crippen LogP contribution in [0.5, 0.6) is 0 Å². The first-order valence-electron chi connectivity index (χ1n) is 8.18. The van der Waals surface area contributed by atoms with Gasteiger partial charge >= 0.3 is 0 Å². The van der Waals surface area contributed by atoms with Crippen molar-refractivity contribution < 1.29 is 4.79 Å². The Bertz CT molecular complexity index is 972. The highest BCUT2D eigenvalue weighted by Crippen LogP contribution is 2.21. The number of aromatic nitrogens is 2. The second-order valence-corrected chi connectivity index (χ2v) is 6.48. The molecule has 0 aliphatic heterocycles. The number of hydrogen-bond acceptors (Lipinski definition) is 4. The van der Waals surface area contributed by atoms with Crippen molar-refractivity contribution in [3.8, 4) is 0 Å². The highest BCUT2D eigenvalue weighted by molar-refractivity contribution is 6.31. The van der Waals surface area contributed by atoms with Gasteiger partial charge in [-0.15, -0.1) is 0 Å². The van der Waals surface area contributed by atoms with Gasteiger partial charge in [0, 0.05) is 22.1 Å². The zero-order valence-electron chi connectivity index (χ0n) is 14.8. The molecule has 2 aromatic carbocycles. The topological polar surface area (TPSA) is 66.9 Å². The molecular weight excluding hydrogens is 348 g/mol. The molecule has 3 aromatic rings. The van der Waals surface area contributed by atoms with Crippen LogP contribution in [0, 0.1) is 20.8 Å². The number of benzene rings is 2. The van der Waals surface area contributed by atoms with Gasteiger partial charge in [0.05, 0.1) is 0 Å². The van der Waals surface area contributed by atoms with Crippen molar-refractivity contribution in [1.29, 1.82) is 0 Å². The molecule has 1 heterocycles. The molecule has 2 N–H and O–H groups in total. The number of carbonyl (C=O) groups excluding carboxylic acids is 1. The van der Waals surface area contributed by atoms with Crippen molar-refractivity contribution in [1.82, 2.24) is 9.97 Å². The maximum atomic E-state index is 12.6. The zero-order chi connectivity index (χ0) is 18.7. The van der Waals surface area contributed by atoms with E-state index in [1.807, 2.05) is 51.1 Å². The van der Waals surface area contributed by atoms with Crippen LogP contribution in [0.1, 0.15) is 27.3 Å². The largest absolute Gasteiger partial charge is 0.324 e. The molecule has 132 valence electrons. The van der Waals surface area contributed by atoms with Crippen LogP contribution in [0.2, 0.25) is 5.02 Å². The van der Waals surface area contributed by atoms with Gasteiger partial charge in [0.15, 0.2) is 0 Å². The Morgan fingerprint density at radius 1 is 0.962 bits per heavy atom. The van der Waals surface area contributed by atoms with Crippen LogP contribution in [-0.2, 0) is 0 Å². The third-order valence-corrected chi connectivity index (χ3v) is 4.32. The van der Waals surface area contributed by atoms with Gasteiger partial charge in [-0.2, -0.15) is 0 Å². The van der Waals surface area contributed by atoms with E-state index < -0.39 is 0 Å². The van der Waals surface area contributed by atoms with E-state index in [0.717, 1.165) is 16.8 Å². The predicted molar refractivity (Wildman–Crippen MR) is 105 cm³/mol. The summed E-state index contributed by atoms with van der Waals surface area (Å²) in [5.41, 5.74) is 4.52. The molecule has 1 amide bonds. The number of nitrogens with one attached hydrogen (secondary N) is 2. The van der Waals surface area contributed by atoms with Gasteiger partial charge in [-0.3, -0.25) is 4.79 Å². The van der Waals surface area contributed by atoms with Crippen LogP contribution in [0.3, 0.4) is 0 Å². The van der Waals surface area contributed by atoms with Crippen LogP contribution in [0.15, 0.2) is 48.5 Å². The molecule has 6 heteroatoms. The fraction of sp³-hybridized carbons (Fsp3) is 0.150. The molecule has 0 bridgehead atoms. The van der Waals surface area contributed by atoms with Crippen LogP contribution in [0.4, 0.5) is 17.3 Å². The number of aryl methyl sites for hydroxylation is 3. The Morgan fingerprint density at radius 2 is 1.73 bits per heavy atom. The summed E-state index contributed by atoms with van der Waals surface area (Å²) in [5.74, 6) is 0.0645. The lowest BCUT2D eigenvalue weighted by molar-refractivity contribution is 0.102. The maximum Gasteiger partial charge on any atom is 0.274 e. The third-order valence-electron chi connectivity index (χ3n) is 3.91. The van der Waals surface area contributed by atoms with Crippen LogP contribution in [0.25, 0.3) is 0 Å². The van der Waals surface area contributed by atoms with E-state index in [1.54, 1.807) is 18.2 Å². The minimum absolute atomic E-state index is 0.283. The zero-order valence-corrected chi connectivity index (χ0v) is 15.6. The van der Waals surface area contributed by atoms with Gasteiger partial charge < -0.3 is 10.6 Å². The highest BCUT2D eigenvalue weighted by atomic mass is 35.5. The van der Waals surface area contributed by atoms with Crippen molar-refractivity contribution >= 4 is 34.8 Å². The summed E-state index contributed by atoms with van der Waals surface area (Å²) in [4.78, 5) is 21.3. The molecule has 0 fully saturated rings. The first kappa shape index (κ1) is 17.9. The molecule has 26 heavy (non-hydrogen) atoms. The van der Waals surface area contributed by atoms with Gasteiger partial charge in [0.2, 0.25) is 5.95 Å².